The molecule has 1 fully saturated rings. The monoisotopic (exact) mass is 474 g/mol. The zero-order valence-electron chi connectivity index (χ0n) is 17.8. The molecule has 0 aliphatic carbocycles. The summed E-state index contributed by atoms with van der Waals surface area (Å²) in [6.07, 6.45) is 1.62. The summed E-state index contributed by atoms with van der Waals surface area (Å²) >= 11 is 12.6. The lowest BCUT2D eigenvalue weighted by Crippen LogP contribution is -2.43. The molecule has 0 radical (unpaired) electrons. The third-order valence-electron chi connectivity index (χ3n) is 6.10. The predicted molar refractivity (Wildman–Crippen MR) is 124 cm³/mol. The van der Waals surface area contributed by atoms with Crippen molar-refractivity contribution in [3.8, 4) is 11.5 Å². The van der Waals surface area contributed by atoms with Crippen LogP contribution in [0.15, 0.2) is 30.0 Å². The number of ether oxygens (including phenoxy) is 3. The number of rotatable bonds is 4. The summed E-state index contributed by atoms with van der Waals surface area (Å²) in [5, 5.41) is 0.933. The molecule has 0 atom stereocenters. The van der Waals surface area contributed by atoms with Gasteiger partial charge in [-0.15, -0.1) is 0 Å². The average molecular weight is 475 g/mol. The van der Waals surface area contributed by atoms with Gasteiger partial charge in [0.1, 0.15) is 18.2 Å². The van der Waals surface area contributed by atoms with Gasteiger partial charge in [-0.3, -0.25) is 14.6 Å². The van der Waals surface area contributed by atoms with Crippen LogP contribution in [0.1, 0.15) is 27.0 Å². The number of carbonyl (C=O) groups is 1. The fraction of sp³-hybridized carbons (Fsp3) is 0.375. The Bertz CT molecular complexity index is 1080. The fourth-order valence-corrected chi connectivity index (χ4v) is 4.81. The summed E-state index contributed by atoms with van der Waals surface area (Å²) in [5.74, 6) is 1.41. The number of nitrogens with zero attached hydrogens (tertiary/aromatic N) is 2. The van der Waals surface area contributed by atoms with E-state index in [1.807, 2.05) is 13.0 Å². The number of morpholine rings is 1. The van der Waals surface area contributed by atoms with Gasteiger partial charge < -0.3 is 14.2 Å². The first-order valence-electron chi connectivity index (χ1n) is 10.7. The van der Waals surface area contributed by atoms with Crippen LogP contribution in [0, 0.1) is 6.92 Å². The van der Waals surface area contributed by atoms with Crippen LogP contribution in [-0.4, -0.2) is 61.7 Å². The van der Waals surface area contributed by atoms with Crippen LogP contribution in [0.4, 0.5) is 0 Å². The molecule has 0 amide bonds. The molecule has 0 aromatic heterocycles. The minimum absolute atomic E-state index is 0.165. The highest BCUT2D eigenvalue weighted by Gasteiger charge is 2.35. The van der Waals surface area contributed by atoms with E-state index >= 15 is 0 Å². The Balaban J connectivity index is 1.40. The summed E-state index contributed by atoms with van der Waals surface area (Å²) in [6, 6.07) is 7.17. The number of carbonyl (C=O) groups excluding carboxylic acids is 1. The van der Waals surface area contributed by atoms with Gasteiger partial charge in [0.2, 0.25) is 5.78 Å². The summed E-state index contributed by atoms with van der Waals surface area (Å²) in [5.41, 5.74) is 2.89. The Morgan fingerprint density at radius 3 is 2.56 bits per heavy atom. The van der Waals surface area contributed by atoms with E-state index in [4.69, 9.17) is 37.4 Å². The van der Waals surface area contributed by atoms with Gasteiger partial charge in [0.15, 0.2) is 5.76 Å². The van der Waals surface area contributed by atoms with E-state index in [1.54, 1.807) is 24.3 Å². The molecule has 0 spiro atoms. The third kappa shape index (κ3) is 4.14. The number of ketones is 1. The number of hydrogen-bond acceptors (Lipinski definition) is 6. The minimum Gasteiger partial charge on any atom is -0.478 e. The number of Topliss-reactive ketones (excluding diaryl/α,β-unsaturated/α-hetero) is 1. The molecular weight excluding hydrogens is 451 g/mol. The number of hydrogen-bond donors (Lipinski definition) is 0. The van der Waals surface area contributed by atoms with Crippen molar-refractivity contribution in [1.82, 2.24) is 9.80 Å². The highest BCUT2D eigenvalue weighted by atomic mass is 35.5. The maximum atomic E-state index is 13.2. The second-order valence-corrected chi connectivity index (χ2v) is 9.04. The Labute approximate surface area is 197 Å². The van der Waals surface area contributed by atoms with Crippen molar-refractivity contribution in [1.29, 1.82) is 0 Å². The van der Waals surface area contributed by atoms with E-state index in [-0.39, 0.29) is 11.5 Å². The van der Waals surface area contributed by atoms with E-state index in [9.17, 15) is 4.79 Å². The van der Waals surface area contributed by atoms with E-state index in [0.29, 0.717) is 40.2 Å². The second kappa shape index (κ2) is 9.04. The molecule has 2 aromatic carbocycles. The third-order valence-corrected chi connectivity index (χ3v) is 6.76. The van der Waals surface area contributed by atoms with Gasteiger partial charge in [0, 0.05) is 48.3 Å². The summed E-state index contributed by atoms with van der Waals surface area (Å²) < 4.78 is 17.6. The van der Waals surface area contributed by atoms with Crippen LogP contribution < -0.4 is 9.47 Å². The number of benzene rings is 2. The SMILES string of the molecule is Cc1cc2c(c3c1C(=O)/C(=C/c1c(Cl)cccc1Cl)O3)CN(CCN1CCOCC1)CO2. The molecule has 1 saturated heterocycles. The van der Waals surface area contributed by atoms with Crippen molar-refractivity contribution in [3.05, 3.63) is 62.3 Å². The molecule has 0 bridgehead atoms. The van der Waals surface area contributed by atoms with Gasteiger partial charge in [-0.25, -0.2) is 0 Å². The van der Waals surface area contributed by atoms with Crippen molar-refractivity contribution >= 4 is 35.1 Å². The topological polar surface area (TPSA) is 51.2 Å². The Kier molecular flexibility index (Phi) is 6.14. The summed E-state index contributed by atoms with van der Waals surface area (Å²) in [6.45, 7) is 8.38. The first-order valence-corrected chi connectivity index (χ1v) is 11.5. The fourth-order valence-electron chi connectivity index (χ4n) is 4.31. The smallest absolute Gasteiger partial charge is 0.232 e. The lowest BCUT2D eigenvalue weighted by atomic mass is 9.98. The van der Waals surface area contributed by atoms with Crippen LogP contribution in [0.2, 0.25) is 10.0 Å². The molecule has 2 aromatic rings. The van der Waals surface area contributed by atoms with Crippen molar-refractivity contribution in [2.45, 2.75) is 13.5 Å². The zero-order chi connectivity index (χ0) is 22.2. The molecule has 5 rings (SSSR count). The van der Waals surface area contributed by atoms with Gasteiger partial charge in [0.25, 0.3) is 0 Å². The van der Waals surface area contributed by atoms with Gasteiger partial charge in [-0.05, 0) is 36.8 Å². The predicted octanol–water partition coefficient (Wildman–Crippen LogP) is 4.40. The van der Waals surface area contributed by atoms with Crippen LogP contribution >= 0.6 is 23.2 Å². The largest absolute Gasteiger partial charge is 0.478 e. The number of allylic oxidation sites excluding steroid dienone is 1. The zero-order valence-corrected chi connectivity index (χ0v) is 19.3. The second-order valence-electron chi connectivity index (χ2n) is 8.23. The molecule has 6 nitrogen and oxygen atoms in total. The number of halogens is 2. The van der Waals surface area contributed by atoms with E-state index in [2.05, 4.69) is 9.80 Å². The standard InChI is InChI=1S/C24H24Cl2N2O4/c1-15-11-20-17(13-28(14-31-20)6-5-27-7-9-30-10-8-27)24-22(15)23(29)21(32-24)12-16-18(25)3-2-4-19(16)26/h2-4,11-12H,5-10,13-14H2,1H3/b21-12-. The molecule has 0 N–H and O–H groups in total. The van der Waals surface area contributed by atoms with Crippen molar-refractivity contribution in [2.75, 3.05) is 46.1 Å². The van der Waals surface area contributed by atoms with Crippen molar-refractivity contribution < 1.29 is 19.0 Å². The normalized spacial score (nSPS) is 20.1. The van der Waals surface area contributed by atoms with E-state index in [1.165, 1.54) is 0 Å². The van der Waals surface area contributed by atoms with Crippen LogP contribution in [0.25, 0.3) is 6.08 Å². The van der Waals surface area contributed by atoms with Gasteiger partial charge in [-0.2, -0.15) is 0 Å². The van der Waals surface area contributed by atoms with Crippen LogP contribution in [0.3, 0.4) is 0 Å². The number of aryl methyl sites for hydroxylation is 1. The van der Waals surface area contributed by atoms with Gasteiger partial charge in [0.05, 0.1) is 24.3 Å². The Morgan fingerprint density at radius 1 is 1.09 bits per heavy atom. The highest BCUT2D eigenvalue weighted by molar-refractivity contribution is 6.37. The van der Waals surface area contributed by atoms with E-state index in [0.717, 1.165) is 56.3 Å². The van der Waals surface area contributed by atoms with Crippen molar-refractivity contribution in [3.63, 3.8) is 0 Å². The molecule has 3 aliphatic heterocycles. The molecule has 3 aliphatic rings. The summed E-state index contributed by atoms with van der Waals surface area (Å²) in [4.78, 5) is 17.8. The number of fused-ring (bicyclic) bond motifs is 3. The van der Waals surface area contributed by atoms with Gasteiger partial charge >= 0.3 is 0 Å². The van der Waals surface area contributed by atoms with Gasteiger partial charge in [-0.1, -0.05) is 29.3 Å². The molecule has 0 unspecified atom stereocenters. The molecular formula is C24H24Cl2N2O4. The molecule has 168 valence electrons. The first kappa shape index (κ1) is 21.7. The average Bonchev–Trinajstić information content (AvgIpc) is 3.13. The lowest BCUT2D eigenvalue weighted by Gasteiger charge is -2.33. The maximum Gasteiger partial charge on any atom is 0.232 e. The lowest BCUT2D eigenvalue weighted by molar-refractivity contribution is 0.0239. The first-order chi connectivity index (χ1) is 15.5. The van der Waals surface area contributed by atoms with Crippen LogP contribution in [0.5, 0.6) is 11.5 Å². The maximum absolute atomic E-state index is 13.2. The van der Waals surface area contributed by atoms with Crippen molar-refractivity contribution in [2.24, 2.45) is 0 Å². The quantitative estimate of drug-likeness (QED) is 0.612. The highest BCUT2D eigenvalue weighted by Crippen LogP contribution is 2.44. The van der Waals surface area contributed by atoms with E-state index < -0.39 is 0 Å². The Morgan fingerprint density at radius 2 is 1.81 bits per heavy atom. The molecule has 0 saturated carbocycles. The minimum atomic E-state index is -0.165. The Hall–Kier alpha value is -2.09. The molecule has 32 heavy (non-hydrogen) atoms. The molecule has 3 heterocycles. The van der Waals surface area contributed by atoms with Crippen LogP contribution in [-0.2, 0) is 11.3 Å². The summed E-state index contributed by atoms with van der Waals surface area (Å²) in [7, 11) is 0. The molecule has 8 heteroatoms.